The molecule has 4 aromatic rings. The fraction of sp³-hybridized carbons (Fsp3) is 0.273. The van der Waals surface area contributed by atoms with Crippen molar-refractivity contribution < 1.29 is 19.1 Å². The number of benzene rings is 3. The zero-order valence-electron chi connectivity index (χ0n) is 24.4. The van der Waals surface area contributed by atoms with E-state index < -0.39 is 0 Å². The lowest BCUT2D eigenvalue weighted by Crippen LogP contribution is -2.52. The number of rotatable bonds is 9. The molecule has 0 bridgehead atoms. The van der Waals surface area contributed by atoms with Crippen molar-refractivity contribution in [2.45, 2.75) is 13.0 Å². The molecule has 0 spiro atoms. The Morgan fingerprint density at radius 2 is 1.56 bits per heavy atom. The number of hydrogen-bond donors (Lipinski definition) is 0. The number of carbonyl (C=O) groups is 2. The molecule has 0 saturated carbocycles. The second-order valence-electron chi connectivity index (χ2n) is 10.2. The van der Waals surface area contributed by atoms with Gasteiger partial charge in [-0.15, -0.1) is 10.2 Å². The van der Waals surface area contributed by atoms with E-state index >= 15 is 0 Å². The summed E-state index contributed by atoms with van der Waals surface area (Å²) in [4.78, 5) is 32.7. The lowest BCUT2D eigenvalue weighted by Gasteiger charge is -2.37. The van der Waals surface area contributed by atoms with Gasteiger partial charge in [0.2, 0.25) is 5.91 Å². The van der Waals surface area contributed by atoms with Crippen molar-refractivity contribution in [1.82, 2.24) is 20.0 Å². The van der Waals surface area contributed by atoms with Gasteiger partial charge in [-0.25, -0.2) is 0 Å². The van der Waals surface area contributed by atoms with Gasteiger partial charge >= 0.3 is 0 Å². The molecule has 1 aromatic heterocycles. The fourth-order valence-corrected chi connectivity index (χ4v) is 5.25. The van der Waals surface area contributed by atoms with Gasteiger partial charge in [-0.1, -0.05) is 41.9 Å². The standard InChI is InChI=1S/C33H34ClN5O4/c1-23(24-7-5-4-6-8-24)39(33(41)25-9-12-27(34)13-10-25)22-32(40)38-19-17-37(18-20-38)31-16-14-28(35-36-31)26-11-15-29(42-2)30(21-26)43-3/h4-16,21,23H,17-20,22H2,1-3H3/t23-/m1/s1. The molecule has 1 atom stereocenters. The molecule has 1 aliphatic heterocycles. The molecule has 2 amide bonds. The second-order valence-corrected chi connectivity index (χ2v) is 10.7. The van der Waals surface area contributed by atoms with Gasteiger partial charge in [-0.05, 0) is 67.1 Å². The number of halogens is 1. The Balaban J connectivity index is 1.24. The number of hydrogen-bond acceptors (Lipinski definition) is 7. The Hall–Kier alpha value is -4.63. The van der Waals surface area contributed by atoms with Crippen molar-refractivity contribution in [2.24, 2.45) is 0 Å². The first-order valence-electron chi connectivity index (χ1n) is 14.1. The number of ether oxygens (including phenoxy) is 2. The summed E-state index contributed by atoms with van der Waals surface area (Å²) in [6.07, 6.45) is 0. The lowest BCUT2D eigenvalue weighted by atomic mass is 10.1. The highest BCUT2D eigenvalue weighted by atomic mass is 35.5. The smallest absolute Gasteiger partial charge is 0.254 e. The molecule has 222 valence electrons. The molecule has 0 N–H and O–H groups in total. The minimum Gasteiger partial charge on any atom is -0.493 e. The van der Waals surface area contributed by atoms with Crippen LogP contribution in [0.4, 0.5) is 5.82 Å². The van der Waals surface area contributed by atoms with E-state index in [4.69, 9.17) is 21.1 Å². The SMILES string of the molecule is COc1ccc(-c2ccc(N3CCN(C(=O)CN(C(=O)c4ccc(Cl)cc4)[C@H](C)c4ccccc4)CC3)nn2)cc1OC. The van der Waals surface area contributed by atoms with Crippen LogP contribution >= 0.6 is 11.6 Å². The van der Waals surface area contributed by atoms with Crippen LogP contribution in [0.25, 0.3) is 11.3 Å². The molecular weight excluding hydrogens is 566 g/mol. The Kier molecular flexibility index (Phi) is 9.41. The molecule has 3 aromatic carbocycles. The number of methoxy groups -OCH3 is 2. The zero-order valence-corrected chi connectivity index (χ0v) is 25.2. The predicted molar refractivity (Wildman–Crippen MR) is 167 cm³/mol. The van der Waals surface area contributed by atoms with Gasteiger partial charge in [0.25, 0.3) is 5.91 Å². The molecule has 0 aliphatic carbocycles. The van der Waals surface area contributed by atoms with E-state index in [0.29, 0.717) is 48.3 Å². The van der Waals surface area contributed by atoms with Crippen molar-refractivity contribution in [2.75, 3.05) is 51.8 Å². The molecule has 0 unspecified atom stereocenters. The van der Waals surface area contributed by atoms with E-state index in [9.17, 15) is 9.59 Å². The van der Waals surface area contributed by atoms with E-state index in [1.54, 1.807) is 43.4 Å². The summed E-state index contributed by atoms with van der Waals surface area (Å²) >= 11 is 6.05. The summed E-state index contributed by atoms with van der Waals surface area (Å²) in [5.41, 5.74) is 3.03. The maximum Gasteiger partial charge on any atom is 0.254 e. The lowest BCUT2D eigenvalue weighted by molar-refractivity contribution is -0.132. The van der Waals surface area contributed by atoms with E-state index in [1.807, 2.05) is 72.5 Å². The first-order valence-corrected chi connectivity index (χ1v) is 14.5. The molecule has 1 saturated heterocycles. The number of aromatic nitrogens is 2. The summed E-state index contributed by atoms with van der Waals surface area (Å²) in [7, 11) is 3.20. The fourth-order valence-electron chi connectivity index (χ4n) is 5.13. The van der Waals surface area contributed by atoms with Crippen LogP contribution in [0.1, 0.15) is 28.9 Å². The third kappa shape index (κ3) is 6.89. The highest BCUT2D eigenvalue weighted by Gasteiger charge is 2.29. The summed E-state index contributed by atoms with van der Waals surface area (Å²) in [6.45, 7) is 4.16. The van der Waals surface area contributed by atoms with Crippen LogP contribution in [-0.2, 0) is 4.79 Å². The quantitative estimate of drug-likeness (QED) is 0.256. The van der Waals surface area contributed by atoms with Gasteiger partial charge in [0, 0.05) is 42.3 Å². The van der Waals surface area contributed by atoms with Gasteiger partial charge in [-0.3, -0.25) is 9.59 Å². The van der Waals surface area contributed by atoms with Gasteiger partial charge in [0.1, 0.15) is 6.54 Å². The molecular formula is C33H34ClN5O4. The van der Waals surface area contributed by atoms with Gasteiger partial charge in [0.15, 0.2) is 17.3 Å². The van der Waals surface area contributed by atoms with Crippen LogP contribution in [0.3, 0.4) is 0 Å². The normalized spacial score (nSPS) is 13.8. The third-order valence-corrected chi connectivity index (χ3v) is 7.95. The van der Waals surface area contributed by atoms with Gasteiger partial charge in [0.05, 0.1) is 26.0 Å². The van der Waals surface area contributed by atoms with Crippen LogP contribution < -0.4 is 14.4 Å². The topological polar surface area (TPSA) is 88.1 Å². The number of amides is 2. The van der Waals surface area contributed by atoms with Gasteiger partial charge < -0.3 is 24.2 Å². The summed E-state index contributed by atoms with van der Waals surface area (Å²) in [6, 6.07) is 25.7. The number of nitrogens with zero attached hydrogens (tertiary/aromatic N) is 5. The Morgan fingerprint density at radius 3 is 2.19 bits per heavy atom. The van der Waals surface area contributed by atoms with Crippen LogP contribution in [0.2, 0.25) is 5.02 Å². The van der Waals surface area contributed by atoms with E-state index in [-0.39, 0.29) is 24.4 Å². The predicted octanol–water partition coefficient (Wildman–Crippen LogP) is 5.37. The highest BCUT2D eigenvalue weighted by molar-refractivity contribution is 6.30. The van der Waals surface area contributed by atoms with E-state index in [1.165, 1.54) is 0 Å². The average molecular weight is 600 g/mol. The Bertz CT molecular complexity index is 1540. The first kappa shape index (κ1) is 29.8. The zero-order chi connectivity index (χ0) is 30.3. The van der Waals surface area contributed by atoms with Crippen LogP contribution in [0, 0.1) is 0 Å². The minimum absolute atomic E-state index is 0.0304. The number of carbonyl (C=O) groups excluding carboxylic acids is 2. The molecule has 1 aliphatic rings. The summed E-state index contributed by atoms with van der Waals surface area (Å²) in [5.74, 6) is 1.70. The molecule has 2 heterocycles. The van der Waals surface area contributed by atoms with Crippen molar-refractivity contribution in [3.63, 3.8) is 0 Å². The third-order valence-electron chi connectivity index (χ3n) is 7.69. The van der Waals surface area contributed by atoms with Crippen LogP contribution in [0.15, 0.2) is 84.9 Å². The van der Waals surface area contributed by atoms with Crippen LogP contribution in [0.5, 0.6) is 11.5 Å². The monoisotopic (exact) mass is 599 g/mol. The van der Waals surface area contributed by atoms with Gasteiger partial charge in [-0.2, -0.15) is 0 Å². The number of anilines is 1. The van der Waals surface area contributed by atoms with Crippen molar-refractivity contribution in [3.8, 4) is 22.8 Å². The van der Waals surface area contributed by atoms with Crippen molar-refractivity contribution >= 4 is 29.2 Å². The first-order chi connectivity index (χ1) is 20.9. The highest BCUT2D eigenvalue weighted by Crippen LogP contribution is 2.32. The molecule has 9 nitrogen and oxygen atoms in total. The number of piperazine rings is 1. The maximum atomic E-state index is 13.6. The molecule has 1 fully saturated rings. The largest absolute Gasteiger partial charge is 0.493 e. The summed E-state index contributed by atoms with van der Waals surface area (Å²) in [5, 5.41) is 9.43. The maximum absolute atomic E-state index is 13.6. The Morgan fingerprint density at radius 1 is 0.860 bits per heavy atom. The average Bonchev–Trinajstić information content (AvgIpc) is 3.07. The summed E-state index contributed by atoms with van der Waals surface area (Å²) < 4.78 is 10.7. The Labute approximate surface area is 256 Å². The molecule has 10 heteroatoms. The second kappa shape index (κ2) is 13.6. The van der Waals surface area contributed by atoms with E-state index in [0.717, 1.165) is 22.6 Å². The minimum atomic E-state index is -0.297. The van der Waals surface area contributed by atoms with Crippen molar-refractivity contribution in [3.05, 3.63) is 101 Å². The van der Waals surface area contributed by atoms with E-state index in [2.05, 4.69) is 15.1 Å². The molecule has 43 heavy (non-hydrogen) atoms. The van der Waals surface area contributed by atoms with Crippen LogP contribution in [-0.4, -0.2) is 78.8 Å². The van der Waals surface area contributed by atoms with Crippen molar-refractivity contribution in [1.29, 1.82) is 0 Å². The molecule has 0 radical (unpaired) electrons. The molecule has 5 rings (SSSR count).